The molecule has 0 radical (unpaired) electrons. The predicted molar refractivity (Wildman–Crippen MR) is 78.3 cm³/mol. The molecule has 0 heterocycles. The van der Waals surface area contributed by atoms with Gasteiger partial charge in [0.1, 0.15) is 0 Å². The number of rotatable bonds is 7. The number of benzene rings is 1. The van der Waals surface area contributed by atoms with Crippen molar-refractivity contribution in [3.05, 3.63) is 34.3 Å². The summed E-state index contributed by atoms with van der Waals surface area (Å²) in [5.74, 6) is 0.517. The van der Waals surface area contributed by atoms with Gasteiger partial charge in [-0.3, -0.25) is 0 Å². The van der Waals surface area contributed by atoms with Crippen LogP contribution < -0.4 is 5.32 Å². The molecule has 2 atom stereocenters. The Morgan fingerprint density at radius 1 is 1.39 bits per heavy atom. The van der Waals surface area contributed by atoms with Crippen molar-refractivity contribution in [2.75, 3.05) is 20.3 Å². The first-order valence-electron chi connectivity index (χ1n) is 6.58. The fourth-order valence-electron chi connectivity index (χ4n) is 2.14. The van der Waals surface area contributed by atoms with E-state index >= 15 is 0 Å². The highest BCUT2D eigenvalue weighted by molar-refractivity contribution is 6.31. The van der Waals surface area contributed by atoms with Crippen molar-refractivity contribution in [1.82, 2.24) is 5.32 Å². The van der Waals surface area contributed by atoms with Crippen LogP contribution in [0.4, 0.5) is 0 Å². The normalized spacial score (nSPS) is 14.5. The molecule has 0 saturated heterocycles. The van der Waals surface area contributed by atoms with Gasteiger partial charge >= 0.3 is 0 Å². The van der Waals surface area contributed by atoms with Crippen molar-refractivity contribution < 1.29 is 4.74 Å². The molecule has 0 aliphatic carbocycles. The molecule has 0 fully saturated rings. The van der Waals surface area contributed by atoms with E-state index in [2.05, 4.69) is 37.4 Å². The van der Waals surface area contributed by atoms with E-state index in [-0.39, 0.29) is 0 Å². The lowest BCUT2D eigenvalue weighted by Gasteiger charge is -2.25. The summed E-state index contributed by atoms with van der Waals surface area (Å²) >= 11 is 6.21. The lowest BCUT2D eigenvalue weighted by molar-refractivity contribution is 0.170. The van der Waals surface area contributed by atoms with Crippen LogP contribution in [0.2, 0.25) is 5.02 Å². The molecule has 1 N–H and O–H groups in total. The first kappa shape index (κ1) is 15.5. The Morgan fingerprint density at radius 3 is 2.67 bits per heavy atom. The molecule has 1 aromatic carbocycles. The SMILES string of the molecule is CCNC(c1ccc(C)c(Cl)c1)C(C)CCOC. The Balaban J connectivity index is 2.85. The Morgan fingerprint density at radius 2 is 2.11 bits per heavy atom. The van der Waals surface area contributed by atoms with Gasteiger partial charge in [0.15, 0.2) is 0 Å². The van der Waals surface area contributed by atoms with Crippen LogP contribution in [0.5, 0.6) is 0 Å². The minimum Gasteiger partial charge on any atom is -0.385 e. The van der Waals surface area contributed by atoms with Crippen molar-refractivity contribution in [2.45, 2.75) is 33.2 Å². The van der Waals surface area contributed by atoms with Gasteiger partial charge in [0.05, 0.1) is 0 Å². The van der Waals surface area contributed by atoms with Crippen molar-refractivity contribution in [2.24, 2.45) is 5.92 Å². The van der Waals surface area contributed by atoms with Gasteiger partial charge < -0.3 is 10.1 Å². The minimum absolute atomic E-state index is 0.336. The average molecular weight is 270 g/mol. The van der Waals surface area contributed by atoms with Crippen LogP contribution in [0.15, 0.2) is 18.2 Å². The zero-order valence-corrected chi connectivity index (χ0v) is 12.6. The summed E-state index contributed by atoms with van der Waals surface area (Å²) in [6.07, 6.45) is 1.04. The number of methoxy groups -OCH3 is 1. The van der Waals surface area contributed by atoms with Gasteiger partial charge in [0.2, 0.25) is 0 Å². The third-order valence-corrected chi connectivity index (χ3v) is 3.73. The van der Waals surface area contributed by atoms with Crippen LogP contribution in [0.1, 0.15) is 37.4 Å². The minimum atomic E-state index is 0.336. The molecular formula is C15H24ClNO. The summed E-state index contributed by atoms with van der Waals surface area (Å²) in [5, 5.41) is 4.38. The molecule has 3 heteroatoms. The monoisotopic (exact) mass is 269 g/mol. The molecule has 0 aliphatic rings. The molecule has 1 aromatic rings. The molecule has 0 bridgehead atoms. The van der Waals surface area contributed by atoms with Crippen molar-refractivity contribution in [1.29, 1.82) is 0 Å². The summed E-state index contributed by atoms with van der Waals surface area (Å²) in [6.45, 7) is 8.16. The largest absolute Gasteiger partial charge is 0.385 e. The van der Waals surface area contributed by atoms with Crippen molar-refractivity contribution in [3.63, 3.8) is 0 Å². The molecule has 2 unspecified atom stereocenters. The average Bonchev–Trinajstić information content (AvgIpc) is 2.36. The quantitative estimate of drug-likeness (QED) is 0.809. The molecule has 0 aromatic heterocycles. The second-order valence-electron chi connectivity index (χ2n) is 4.80. The third kappa shape index (κ3) is 4.27. The Kier molecular flexibility index (Phi) is 6.69. The third-order valence-electron chi connectivity index (χ3n) is 3.33. The molecule has 0 aliphatic heterocycles. The van der Waals surface area contributed by atoms with Crippen LogP contribution in [0.3, 0.4) is 0 Å². The van der Waals surface area contributed by atoms with E-state index in [1.807, 2.05) is 6.92 Å². The Hall–Kier alpha value is -0.570. The smallest absolute Gasteiger partial charge is 0.0465 e. The van der Waals surface area contributed by atoms with Crippen LogP contribution >= 0.6 is 11.6 Å². The summed E-state index contributed by atoms with van der Waals surface area (Å²) in [6, 6.07) is 6.67. The van der Waals surface area contributed by atoms with E-state index in [9.17, 15) is 0 Å². The van der Waals surface area contributed by atoms with Crippen LogP contribution in [-0.2, 0) is 4.74 Å². The summed E-state index contributed by atoms with van der Waals surface area (Å²) in [4.78, 5) is 0. The van der Waals surface area contributed by atoms with Gasteiger partial charge in [-0.05, 0) is 43.0 Å². The number of hydrogen-bond donors (Lipinski definition) is 1. The number of nitrogens with one attached hydrogen (secondary N) is 1. The molecule has 2 nitrogen and oxygen atoms in total. The lowest BCUT2D eigenvalue weighted by atomic mass is 9.91. The molecule has 102 valence electrons. The Bertz CT molecular complexity index is 368. The molecule has 0 saturated carbocycles. The summed E-state index contributed by atoms with van der Waals surface area (Å²) in [7, 11) is 1.75. The maximum atomic E-state index is 6.21. The van der Waals surface area contributed by atoms with Gasteiger partial charge in [-0.25, -0.2) is 0 Å². The highest BCUT2D eigenvalue weighted by Gasteiger charge is 2.18. The van der Waals surface area contributed by atoms with Gasteiger partial charge in [-0.1, -0.05) is 37.6 Å². The van der Waals surface area contributed by atoms with E-state index in [1.165, 1.54) is 5.56 Å². The van der Waals surface area contributed by atoms with E-state index in [0.717, 1.165) is 30.2 Å². The van der Waals surface area contributed by atoms with Crippen molar-refractivity contribution >= 4 is 11.6 Å². The topological polar surface area (TPSA) is 21.3 Å². The fourth-order valence-corrected chi connectivity index (χ4v) is 2.33. The van der Waals surface area contributed by atoms with Gasteiger partial charge in [-0.15, -0.1) is 0 Å². The number of halogens is 1. The maximum Gasteiger partial charge on any atom is 0.0465 e. The van der Waals surface area contributed by atoms with Gasteiger partial charge in [0.25, 0.3) is 0 Å². The van der Waals surface area contributed by atoms with Gasteiger partial charge in [0, 0.05) is 24.8 Å². The standard InChI is InChI=1S/C15H24ClNO/c1-5-17-15(12(3)8-9-18-4)13-7-6-11(2)14(16)10-13/h6-7,10,12,15,17H,5,8-9H2,1-4H3. The Labute approximate surface area is 116 Å². The maximum absolute atomic E-state index is 6.21. The number of hydrogen-bond acceptors (Lipinski definition) is 2. The summed E-state index contributed by atoms with van der Waals surface area (Å²) in [5.41, 5.74) is 2.39. The second kappa shape index (κ2) is 7.78. The highest BCUT2D eigenvalue weighted by Crippen LogP contribution is 2.28. The molecular weight excluding hydrogens is 246 g/mol. The highest BCUT2D eigenvalue weighted by atomic mass is 35.5. The van der Waals surface area contributed by atoms with E-state index in [0.29, 0.717) is 12.0 Å². The molecule has 1 rings (SSSR count). The van der Waals surface area contributed by atoms with E-state index in [1.54, 1.807) is 7.11 Å². The first-order valence-corrected chi connectivity index (χ1v) is 6.96. The first-order chi connectivity index (χ1) is 8.60. The molecule has 0 spiro atoms. The van der Waals surface area contributed by atoms with Gasteiger partial charge in [-0.2, -0.15) is 0 Å². The molecule has 0 amide bonds. The number of aryl methyl sites for hydroxylation is 1. The predicted octanol–water partition coefficient (Wildman–Crippen LogP) is 3.97. The molecule has 18 heavy (non-hydrogen) atoms. The van der Waals surface area contributed by atoms with Crippen LogP contribution in [0.25, 0.3) is 0 Å². The second-order valence-corrected chi connectivity index (χ2v) is 5.21. The van der Waals surface area contributed by atoms with E-state index in [4.69, 9.17) is 16.3 Å². The fraction of sp³-hybridized carbons (Fsp3) is 0.600. The summed E-state index contributed by atoms with van der Waals surface area (Å²) < 4.78 is 5.17. The van der Waals surface area contributed by atoms with E-state index < -0.39 is 0 Å². The van der Waals surface area contributed by atoms with Crippen LogP contribution in [-0.4, -0.2) is 20.3 Å². The number of ether oxygens (including phenoxy) is 1. The zero-order chi connectivity index (χ0) is 13.5. The van der Waals surface area contributed by atoms with Crippen molar-refractivity contribution in [3.8, 4) is 0 Å². The zero-order valence-electron chi connectivity index (χ0n) is 11.8. The van der Waals surface area contributed by atoms with Crippen LogP contribution in [0, 0.1) is 12.8 Å². The lowest BCUT2D eigenvalue weighted by Crippen LogP contribution is -2.27.